The first-order valence-corrected chi connectivity index (χ1v) is 10.5. The van der Waals surface area contributed by atoms with Crippen LogP contribution in [-0.4, -0.2) is 41.8 Å². The van der Waals surface area contributed by atoms with E-state index in [0.717, 1.165) is 23.3 Å². The molecule has 0 spiro atoms. The van der Waals surface area contributed by atoms with Gasteiger partial charge in [0, 0.05) is 12.2 Å². The number of nitrogens with one attached hydrogen (secondary N) is 2. The Kier molecular flexibility index (Phi) is 6.55. The highest BCUT2D eigenvalue weighted by Crippen LogP contribution is 2.27. The van der Waals surface area contributed by atoms with Crippen LogP contribution in [0.15, 0.2) is 30.7 Å². The Morgan fingerprint density at radius 3 is 2.50 bits per heavy atom. The zero-order chi connectivity index (χ0) is 21.9. The molecule has 0 amide bonds. The number of anilines is 2. The summed E-state index contributed by atoms with van der Waals surface area (Å²) >= 11 is 0. The summed E-state index contributed by atoms with van der Waals surface area (Å²) in [6, 6.07) is 5.86. The number of pyridine rings is 1. The molecule has 3 aromatic rings. The summed E-state index contributed by atoms with van der Waals surface area (Å²) in [5.74, 6) is 1.12. The van der Waals surface area contributed by atoms with Gasteiger partial charge in [0.05, 0.1) is 30.7 Å². The molecule has 3 rings (SSSR count). The second kappa shape index (κ2) is 8.95. The maximum atomic E-state index is 10.8. The summed E-state index contributed by atoms with van der Waals surface area (Å²) in [4.78, 5) is 18.3. The van der Waals surface area contributed by atoms with Gasteiger partial charge in [0.1, 0.15) is 0 Å². The fourth-order valence-electron chi connectivity index (χ4n) is 3.33. The molecule has 3 heterocycles. The van der Waals surface area contributed by atoms with Crippen molar-refractivity contribution in [3.8, 4) is 0 Å². The number of hydrogen-bond acceptors (Lipinski definition) is 7. The number of nitrogens with zero attached hydrogens (tertiary/aromatic N) is 5. The van der Waals surface area contributed by atoms with E-state index < -0.39 is 6.10 Å². The summed E-state index contributed by atoms with van der Waals surface area (Å²) < 4.78 is 2.02. The van der Waals surface area contributed by atoms with Crippen molar-refractivity contribution in [2.45, 2.75) is 72.7 Å². The third kappa shape index (κ3) is 4.87. The Labute approximate surface area is 178 Å². The van der Waals surface area contributed by atoms with Gasteiger partial charge >= 0.3 is 0 Å². The van der Waals surface area contributed by atoms with Crippen LogP contribution in [-0.2, 0) is 6.54 Å². The first-order valence-electron chi connectivity index (χ1n) is 10.5. The van der Waals surface area contributed by atoms with E-state index in [1.54, 1.807) is 12.5 Å². The van der Waals surface area contributed by atoms with E-state index in [-0.39, 0.29) is 17.5 Å². The molecule has 2 atom stereocenters. The second-order valence-corrected chi connectivity index (χ2v) is 8.96. The quantitative estimate of drug-likeness (QED) is 0.515. The van der Waals surface area contributed by atoms with Crippen LogP contribution in [0.3, 0.4) is 0 Å². The van der Waals surface area contributed by atoms with Crippen molar-refractivity contribution in [1.82, 2.24) is 24.5 Å². The first-order chi connectivity index (χ1) is 14.2. The molecule has 30 heavy (non-hydrogen) atoms. The Balaban J connectivity index is 1.96. The number of imidazole rings is 1. The molecule has 8 heteroatoms. The van der Waals surface area contributed by atoms with Gasteiger partial charge in [-0.15, -0.1) is 0 Å². The lowest BCUT2D eigenvalue weighted by molar-refractivity contribution is 0.0451. The van der Waals surface area contributed by atoms with Crippen LogP contribution in [0.5, 0.6) is 0 Å². The van der Waals surface area contributed by atoms with E-state index in [0.29, 0.717) is 18.3 Å². The molecule has 0 aromatic carbocycles. The SMILES string of the molecule is CC[C@@H](Nc1nc(NCc2ccccn2)c2ncn(C(C)C)c2n1)C(O)C(C)(C)C. The molecular weight excluding hydrogens is 378 g/mol. The molecule has 3 N–H and O–H groups in total. The number of aromatic nitrogens is 5. The fourth-order valence-corrected chi connectivity index (χ4v) is 3.33. The number of hydrogen-bond donors (Lipinski definition) is 3. The molecule has 3 aromatic heterocycles. The first kappa shape index (κ1) is 22.0. The Morgan fingerprint density at radius 1 is 1.13 bits per heavy atom. The molecule has 0 radical (unpaired) electrons. The molecule has 0 bridgehead atoms. The zero-order valence-electron chi connectivity index (χ0n) is 18.7. The summed E-state index contributed by atoms with van der Waals surface area (Å²) in [6.45, 7) is 12.8. The van der Waals surface area contributed by atoms with Crippen molar-refractivity contribution < 1.29 is 5.11 Å². The second-order valence-electron chi connectivity index (χ2n) is 8.96. The van der Waals surface area contributed by atoms with E-state index >= 15 is 0 Å². The maximum Gasteiger partial charge on any atom is 0.227 e. The van der Waals surface area contributed by atoms with Crippen LogP contribution in [0, 0.1) is 5.41 Å². The van der Waals surface area contributed by atoms with Crippen molar-refractivity contribution in [3.63, 3.8) is 0 Å². The Hall–Kier alpha value is -2.74. The molecule has 0 aliphatic rings. The van der Waals surface area contributed by atoms with Crippen LogP contribution < -0.4 is 10.6 Å². The number of aliphatic hydroxyl groups excluding tert-OH is 1. The van der Waals surface area contributed by atoms with Gasteiger partial charge in [-0.1, -0.05) is 33.8 Å². The predicted octanol–water partition coefficient (Wildman–Crippen LogP) is 4.01. The van der Waals surface area contributed by atoms with Gasteiger partial charge in [0.2, 0.25) is 5.95 Å². The number of aliphatic hydroxyl groups is 1. The maximum absolute atomic E-state index is 10.8. The van der Waals surface area contributed by atoms with E-state index in [2.05, 4.69) is 34.4 Å². The Morgan fingerprint density at radius 2 is 1.90 bits per heavy atom. The standard InChI is InChI=1S/C22H33N7O/c1-7-16(18(30)22(4,5)6)26-21-27-19(24-12-15-10-8-9-11-23-15)17-20(28-21)29(13-25-17)14(2)3/h8-11,13-14,16,18,30H,7,12H2,1-6H3,(H2,24,26,27,28)/t16-,18?/m1/s1. The minimum atomic E-state index is -0.540. The lowest BCUT2D eigenvalue weighted by Crippen LogP contribution is -2.42. The zero-order valence-corrected chi connectivity index (χ0v) is 18.7. The minimum Gasteiger partial charge on any atom is -0.390 e. The Bertz CT molecular complexity index is 963. The van der Waals surface area contributed by atoms with Crippen LogP contribution in [0.2, 0.25) is 0 Å². The number of fused-ring (bicyclic) bond motifs is 1. The van der Waals surface area contributed by atoms with E-state index in [1.807, 2.05) is 50.5 Å². The third-order valence-corrected chi connectivity index (χ3v) is 5.16. The monoisotopic (exact) mass is 411 g/mol. The normalized spacial score (nSPS) is 14.1. The molecule has 0 aliphatic carbocycles. The van der Waals surface area contributed by atoms with Crippen molar-refractivity contribution in [2.24, 2.45) is 5.41 Å². The fraction of sp³-hybridized carbons (Fsp3) is 0.545. The van der Waals surface area contributed by atoms with Crippen molar-refractivity contribution in [1.29, 1.82) is 0 Å². The molecule has 0 aliphatic heterocycles. The van der Waals surface area contributed by atoms with Gasteiger partial charge in [0.15, 0.2) is 17.0 Å². The minimum absolute atomic E-state index is 0.165. The lowest BCUT2D eigenvalue weighted by Gasteiger charge is -2.33. The highest BCUT2D eigenvalue weighted by molar-refractivity contribution is 5.84. The highest BCUT2D eigenvalue weighted by Gasteiger charge is 2.30. The molecule has 0 saturated heterocycles. The third-order valence-electron chi connectivity index (χ3n) is 5.16. The van der Waals surface area contributed by atoms with Crippen LogP contribution in [0.25, 0.3) is 11.2 Å². The molecule has 8 nitrogen and oxygen atoms in total. The van der Waals surface area contributed by atoms with Crippen molar-refractivity contribution >= 4 is 22.9 Å². The van der Waals surface area contributed by atoms with Gasteiger partial charge in [-0.05, 0) is 37.8 Å². The van der Waals surface area contributed by atoms with E-state index in [1.165, 1.54) is 0 Å². The van der Waals surface area contributed by atoms with Crippen LogP contribution >= 0.6 is 0 Å². The predicted molar refractivity (Wildman–Crippen MR) is 120 cm³/mol. The molecule has 0 fully saturated rings. The highest BCUT2D eigenvalue weighted by atomic mass is 16.3. The van der Waals surface area contributed by atoms with Gasteiger partial charge in [-0.3, -0.25) is 4.98 Å². The topological polar surface area (TPSA) is 101 Å². The van der Waals surface area contributed by atoms with E-state index in [4.69, 9.17) is 9.97 Å². The van der Waals surface area contributed by atoms with Gasteiger partial charge in [-0.2, -0.15) is 9.97 Å². The van der Waals surface area contributed by atoms with Crippen molar-refractivity contribution in [2.75, 3.05) is 10.6 Å². The van der Waals surface area contributed by atoms with Gasteiger partial charge in [-0.25, -0.2) is 4.98 Å². The summed E-state index contributed by atoms with van der Waals surface area (Å²) in [7, 11) is 0. The molecule has 1 unspecified atom stereocenters. The smallest absolute Gasteiger partial charge is 0.227 e. The largest absolute Gasteiger partial charge is 0.390 e. The molecule has 162 valence electrons. The summed E-state index contributed by atoms with van der Waals surface area (Å²) in [5, 5.41) is 17.5. The summed E-state index contributed by atoms with van der Waals surface area (Å²) in [5.41, 5.74) is 2.13. The van der Waals surface area contributed by atoms with Crippen LogP contribution in [0.4, 0.5) is 11.8 Å². The summed E-state index contributed by atoms with van der Waals surface area (Å²) in [6.07, 6.45) is 3.77. The average molecular weight is 412 g/mol. The lowest BCUT2D eigenvalue weighted by atomic mass is 9.84. The van der Waals surface area contributed by atoms with Gasteiger partial charge in [0.25, 0.3) is 0 Å². The number of rotatable bonds is 8. The average Bonchev–Trinajstić information content (AvgIpc) is 3.14. The van der Waals surface area contributed by atoms with Crippen LogP contribution in [0.1, 0.15) is 59.7 Å². The van der Waals surface area contributed by atoms with E-state index in [9.17, 15) is 5.11 Å². The molecule has 0 saturated carbocycles. The van der Waals surface area contributed by atoms with Crippen molar-refractivity contribution in [3.05, 3.63) is 36.4 Å². The van der Waals surface area contributed by atoms with Gasteiger partial charge < -0.3 is 20.3 Å². The molecular formula is C22H33N7O.